The van der Waals surface area contributed by atoms with Crippen molar-refractivity contribution in [2.75, 3.05) is 13.2 Å². The fraction of sp³-hybridized carbons (Fsp3) is 0.562. The van der Waals surface area contributed by atoms with Gasteiger partial charge >= 0.3 is 17.9 Å². The van der Waals surface area contributed by atoms with Crippen molar-refractivity contribution in [3.63, 3.8) is 0 Å². The van der Waals surface area contributed by atoms with E-state index in [1.54, 1.807) is 41.5 Å². The maximum absolute atomic E-state index is 12.1. The molecular formula is C16H23NO6. The third-order valence-electron chi connectivity index (χ3n) is 2.86. The maximum atomic E-state index is 12.1. The highest BCUT2D eigenvalue weighted by atomic mass is 16.6. The molecule has 0 radical (unpaired) electrons. The number of rotatable bonds is 5. The number of carbonyl (C=O) groups excluding carboxylic acids is 3. The molecule has 0 aromatic carbocycles. The van der Waals surface area contributed by atoms with Crippen LogP contribution < -0.4 is 0 Å². The molecular weight excluding hydrogens is 302 g/mol. The van der Waals surface area contributed by atoms with E-state index in [2.05, 4.69) is 4.98 Å². The number of hydrogen-bond donors (Lipinski definition) is 1. The Labute approximate surface area is 135 Å². The molecule has 7 nitrogen and oxygen atoms in total. The molecule has 0 bridgehead atoms. The van der Waals surface area contributed by atoms with Crippen LogP contribution in [0.15, 0.2) is 0 Å². The lowest BCUT2D eigenvalue weighted by molar-refractivity contribution is -0.158. The van der Waals surface area contributed by atoms with Gasteiger partial charge in [0.05, 0.1) is 12.2 Å². The molecule has 1 aromatic rings. The predicted octanol–water partition coefficient (Wildman–Crippen LogP) is 2.31. The van der Waals surface area contributed by atoms with Crippen LogP contribution in [0.5, 0.6) is 0 Å². The molecule has 23 heavy (non-hydrogen) atoms. The van der Waals surface area contributed by atoms with E-state index in [1.165, 1.54) is 0 Å². The minimum Gasteiger partial charge on any atom is -0.462 e. The minimum atomic E-state index is -0.730. The lowest BCUT2D eigenvalue weighted by Gasteiger charge is -2.19. The molecule has 0 aliphatic heterocycles. The highest BCUT2D eigenvalue weighted by Crippen LogP contribution is 2.20. The molecule has 0 atom stereocenters. The SMILES string of the molecule is CCOC(=O)c1c(C)[nH]c(C(=O)OCC(=O)OC(C)(C)C)c1C. The summed E-state index contributed by atoms with van der Waals surface area (Å²) >= 11 is 0. The summed E-state index contributed by atoms with van der Waals surface area (Å²) in [7, 11) is 0. The Balaban J connectivity index is 2.80. The largest absolute Gasteiger partial charge is 0.462 e. The molecule has 0 saturated carbocycles. The van der Waals surface area contributed by atoms with E-state index in [1.807, 2.05) is 0 Å². The Morgan fingerprint density at radius 2 is 1.65 bits per heavy atom. The highest BCUT2D eigenvalue weighted by molar-refractivity contribution is 5.98. The first kappa shape index (κ1) is 18.7. The van der Waals surface area contributed by atoms with Gasteiger partial charge in [-0.3, -0.25) is 0 Å². The summed E-state index contributed by atoms with van der Waals surface area (Å²) in [5, 5.41) is 0. The van der Waals surface area contributed by atoms with Crippen molar-refractivity contribution in [3.05, 3.63) is 22.5 Å². The molecule has 0 fully saturated rings. The standard InChI is InChI=1S/C16H23NO6/c1-7-21-14(19)12-9(2)13(17-10(12)3)15(20)22-8-11(18)23-16(4,5)6/h17H,7-8H2,1-6H3. The van der Waals surface area contributed by atoms with Gasteiger partial charge in [-0.15, -0.1) is 0 Å². The lowest BCUT2D eigenvalue weighted by atomic mass is 10.1. The molecule has 0 spiro atoms. The van der Waals surface area contributed by atoms with Crippen molar-refractivity contribution in [1.82, 2.24) is 4.98 Å². The first-order valence-corrected chi connectivity index (χ1v) is 7.32. The maximum Gasteiger partial charge on any atom is 0.355 e. The second-order valence-corrected chi connectivity index (χ2v) is 6.01. The number of carbonyl (C=O) groups is 3. The van der Waals surface area contributed by atoms with Crippen LogP contribution >= 0.6 is 0 Å². The highest BCUT2D eigenvalue weighted by Gasteiger charge is 2.25. The van der Waals surface area contributed by atoms with Crippen molar-refractivity contribution in [2.45, 2.75) is 47.1 Å². The van der Waals surface area contributed by atoms with Crippen LogP contribution in [0.4, 0.5) is 0 Å². The third kappa shape index (κ3) is 5.12. The smallest absolute Gasteiger partial charge is 0.355 e. The zero-order valence-electron chi connectivity index (χ0n) is 14.4. The molecule has 1 rings (SSSR count). The van der Waals surface area contributed by atoms with E-state index in [0.29, 0.717) is 16.8 Å². The number of aromatic amines is 1. The quantitative estimate of drug-likeness (QED) is 0.659. The van der Waals surface area contributed by atoms with Gasteiger partial charge in [-0.1, -0.05) is 0 Å². The van der Waals surface area contributed by atoms with Gasteiger partial charge in [0.2, 0.25) is 0 Å². The molecule has 0 amide bonds. The molecule has 0 aliphatic rings. The number of nitrogens with one attached hydrogen (secondary N) is 1. The molecule has 0 unspecified atom stereocenters. The lowest BCUT2D eigenvalue weighted by Crippen LogP contribution is -2.27. The van der Waals surface area contributed by atoms with Gasteiger partial charge < -0.3 is 19.2 Å². The van der Waals surface area contributed by atoms with Crippen LogP contribution in [0, 0.1) is 13.8 Å². The van der Waals surface area contributed by atoms with E-state index in [9.17, 15) is 14.4 Å². The molecule has 0 aliphatic carbocycles. The number of aromatic nitrogens is 1. The average molecular weight is 325 g/mol. The monoisotopic (exact) mass is 325 g/mol. The summed E-state index contributed by atoms with van der Waals surface area (Å²) in [6, 6.07) is 0. The molecule has 1 N–H and O–H groups in total. The van der Waals surface area contributed by atoms with E-state index in [0.717, 1.165) is 0 Å². The summed E-state index contributed by atoms with van der Waals surface area (Å²) in [5.41, 5.74) is 0.699. The summed E-state index contributed by atoms with van der Waals surface area (Å²) in [4.78, 5) is 38.3. The zero-order valence-corrected chi connectivity index (χ0v) is 14.4. The van der Waals surface area contributed by atoms with Crippen LogP contribution in [-0.2, 0) is 19.0 Å². The van der Waals surface area contributed by atoms with Gasteiger partial charge in [0.25, 0.3) is 0 Å². The van der Waals surface area contributed by atoms with Crippen LogP contribution in [0.25, 0.3) is 0 Å². The molecule has 0 saturated heterocycles. The molecule has 128 valence electrons. The first-order valence-electron chi connectivity index (χ1n) is 7.32. The topological polar surface area (TPSA) is 94.7 Å². The molecule has 1 heterocycles. The van der Waals surface area contributed by atoms with Crippen LogP contribution in [0.1, 0.15) is 59.8 Å². The van der Waals surface area contributed by atoms with Crippen molar-refractivity contribution in [1.29, 1.82) is 0 Å². The summed E-state index contributed by atoms with van der Waals surface area (Å²) in [5.74, 6) is -1.88. The van der Waals surface area contributed by atoms with Gasteiger partial charge in [0.1, 0.15) is 11.3 Å². The van der Waals surface area contributed by atoms with E-state index >= 15 is 0 Å². The van der Waals surface area contributed by atoms with Crippen molar-refractivity contribution >= 4 is 17.9 Å². The molecule has 7 heteroatoms. The fourth-order valence-electron chi connectivity index (χ4n) is 2.03. The summed E-state index contributed by atoms with van der Waals surface area (Å²) in [6.45, 7) is 9.86. The minimum absolute atomic E-state index is 0.120. The van der Waals surface area contributed by atoms with Crippen molar-refractivity contribution < 1.29 is 28.6 Å². The van der Waals surface area contributed by atoms with Crippen LogP contribution in [0.3, 0.4) is 0 Å². The Kier molecular flexibility index (Phi) is 5.95. The number of H-pyrrole nitrogens is 1. The van der Waals surface area contributed by atoms with Gasteiger partial charge in [0, 0.05) is 5.69 Å². The number of hydrogen-bond acceptors (Lipinski definition) is 6. The van der Waals surface area contributed by atoms with Gasteiger partial charge in [-0.05, 0) is 47.1 Å². The van der Waals surface area contributed by atoms with Gasteiger partial charge in [-0.25, -0.2) is 14.4 Å². The molecule has 1 aromatic heterocycles. The number of aryl methyl sites for hydroxylation is 1. The van der Waals surface area contributed by atoms with E-state index in [4.69, 9.17) is 14.2 Å². The van der Waals surface area contributed by atoms with Gasteiger partial charge in [-0.2, -0.15) is 0 Å². The first-order chi connectivity index (χ1) is 10.6. The second kappa shape index (κ2) is 7.30. The van der Waals surface area contributed by atoms with E-state index in [-0.39, 0.29) is 12.3 Å². The average Bonchev–Trinajstić information content (AvgIpc) is 2.69. The normalized spacial score (nSPS) is 11.0. The van der Waals surface area contributed by atoms with Crippen molar-refractivity contribution in [2.24, 2.45) is 0 Å². The number of esters is 3. The summed E-state index contributed by atoms with van der Waals surface area (Å²) in [6.07, 6.45) is 0. The second-order valence-electron chi connectivity index (χ2n) is 6.01. The number of ether oxygens (including phenoxy) is 3. The Morgan fingerprint density at radius 3 is 2.17 bits per heavy atom. The van der Waals surface area contributed by atoms with Crippen LogP contribution in [0.2, 0.25) is 0 Å². The fourth-order valence-corrected chi connectivity index (χ4v) is 2.03. The van der Waals surface area contributed by atoms with E-state index < -0.39 is 30.1 Å². The predicted molar refractivity (Wildman–Crippen MR) is 82.4 cm³/mol. The van der Waals surface area contributed by atoms with Gasteiger partial charge in [0.15, 0.2) is 6.61 Å². The Bertz CT molecular complexity index is 609. The Morgan fingerprint density at radius 1 is 1.04 bits per heavy atom. The van der Waals surface area contributed by atoms with Crippen molar-refractivity contribution in [3.8, 4) is 0 Å². The Hall–Kier alpha value is -2.31. The van der Waals surface area contributed by atoms with Crippen LogP contribution in [-0.4, -0.2) is 41.7 Å². The third-order valence-corrected chi connectivity index (χ3v) is 2.86. The summed E-state index contributed by atoms with van der Waals surface area (Å²) < 4.78 is 14.9. The zero-order chi connectivity index (χ0) is 17.8.